The number of primary amides is 2. The van der Waals surface area contributed by atoms with Crippen LogP contribution in [0, 0.1) is 0 Å². The Balaban J connectivity index is 0.000000168. The highest BCUT2D eigenvalue weighted by atomic mass is 127. The molecule has 0 aliphatic heterocycles. The van der Waals surface area contributed by atoms with Gasteiger partial charge in [-0.1, -0.05) is 218 Å². The van der Waals surface area contributed by atoms with Crippen LogP contribution < -0.4 is 44.8 Å². The predicted octanol–water partition coefficient (Wildman–Crippen LogP) is 14.7. The summed E-state index contributed by atoms with van der Waals surface area (Å²) in [7, 11) is -1.34. The number of benzene rings is 5. The van der Waals surface area contributed by atoms with Crippen molar-refractivity contribution in [2.45, 2.75) is 95.1 Å². The van der Waals surface area contributed by atoms with E-state index in [9.17, 15) is 9.59 Å². The molecule has 1 aliphatic carbocycles. The number of pyridine rings is 5. The van der Waals surface area contributed by atoms with Gasteiger partial charge in [0.05, 0.1) is 46.6 Å². The fourth-order valence-corrected chi connectivity index (χ4v) is 10.7. The topological polar surface area (TPSA) is 391 Å². The molecule has 0 spiro atoms. The molecular weight excluding hydrogens is 1570 g/mol. The third kappa shape index (κ3) is 28.7. The van der Waals surface area contributed by atoms with Crippen LogP contribution in [0.3, 0.4) is 0 Å². The average Bonchev–Trinajstić information content (AvgIpc) is 1.65. The number of imidazole rings is 2. The summed E-state index contributed by atoms with van der Waals surface area (Å²) in [5.41, 5.74) is 42.1. The number of amides is 2. The summed E-state index contributed by atoms with van der Waals surface area (Å²) in [6.45, 7) is 10.1. The van der Waals surface area contributed by atoms with E-state index in [1.165, 1.54) is 24.5 Å². The van der Waals surface area contributed by atoms with Crippen molar-refractivity contribution < 1.29 is 19.6 Å². The first-order valence-electron chi connectivity index (χ1n) is 35.4. The summed E-state index contributed by atoms with van der Waals surface area (Å²) in [4.78, 5) is 71.0. The molecule has 1 fully saturated rings. The van der Waals surface area contributed by atoms with Gasteiger partial charge in [0.25, 0.3) is 0 Å². The number of hydrogen-bond acceptors (Lipinski definition) is 20. The summed E-state index contributed by atoms with van der Waals surface area (Å²) in [6, 6.07) is 68.4. The summed E-state index contributed by atoms with van der Waals surface area (Å²) in [5, 5.41) is 24.4. The third-order valence-electron chi connectivity index (χ3n) is 16.1. The standard InChI is InChI=1S/C20H19ClN6.C17H13ClN6.C12H10N2O.C12H12N2.C6H7BO2.C6H5ClN2O.C6H14N2.C3H7I/c1-13(2)27-12-24-17-18(25-20(21)26-19(17)27)23-11-14-8-9-16(22-10-14)15-6-4-3-5-7-15;18-17-23-15(14-16(24-17)22-10-21-14)20-9-11-6-7-13(19-8-11)12-4-2-1-3-5-12;13-12(15)10-6-7-11(14-8-10)9-4-2-1-3-5-9;13-8-10-6-7-12(14-9-10)11-4-2-1-3-5-11;8-7(9)6-4-2-1-3-5-6;7-5-2-1-4(3-9-5)6(8)10;7-5-1-2-6(8)4-3-5;1-3(2)4/h3-10,12-13H,11H2,1-2H3,(H,23,25,26);1-8,10H,9H2,(H2,20,21,22,23,24);1-8H,(H2,13,15);1-7,9H,8,13H2;1-5,8-9H;1-3H,(H2,8,10);5-6H,1-4,7-8H2;3H,1-2H3. The average molecular weight is 1660 g/mol. The van der Waals surface area contributed by atoms with Crippen LogP contribution in [-0.2, 0) is 19.6 Å². The van der Waals surface area contributed by atoms with Gasteiger partial charge in [0.2, 0.25) is 22.4 Å². The predicted molar refractivity (Wildman–Crippen MR) is 455 cm³/mol. The Morgan fingerprint density at radius 2 is 0.892 bits per heavy atom. The zero-order valence-corrected chi connectivity index (χ0v) is 66.0. The fraction of sp³-hybridized carbons (Fsp3) is 0.183. The normalized spacial score (nSPS) is 12.5. The quantitative estimate of drug-likeness (QED) is 0.0150. The number of nitrogens with two attached hydrogens (primary N) is 5. The first-order valence-corrected chi connectivity index (χ1v) is 37.7. The second-order valence-electron chi connectivity index (χ2n) is 25.2. The lowest BCUT2D eigenvalue weighted by Gasteiger charge is -2.22. The van der Waals surface area contributed by atoms with Crippen molar-refractivity contribution >= 4 is 116 Å². The minimum absolute atomic E-state index is 0.162. The van der Waals surface area contributed by atoms with Crippen LogP contribution in [-0.4, -0.2) is 109 Å². The zero-order chi connectivity index (χ0) is 79.4. The Morgan fingerprint density at radius 1 is 0.505 bits per heavy atom. The summed E-state index contributed by atoms with van der Waals surface area (Å²) < 4.78 is 2.78. The fourth-order valence-electron chi connectivity index (χ4n) is 10.3. The van der Waals surface area contributed by atoms with Crippen molar-refractivity contribution in [2.75, 3.05) is 10.6 Å². The molecule has 29 heteroatoms. The first-order chi connectivity index (χ1) is 53.6. The van der Waals surface area contributed by atoms with Gasteiger partial charge in [0, 0.05) is 94.9 Å². The van der Waals surface area contributed by atoms with Gasteiger partial charge in [-0.2, -0.15) is 19.9 Å². The van der Waals surface area contributed by atoms with Gasteiger partial charge in [-0.15, -0.1) is 0 Å². The van der Waals surface area contributed by atoms with Gasteiger partial charge in [-0.05, 0) is 127 Å². The lowest BCUT2D eigenvalue weighted by atomic mass is 9.81. The zero-order valence-electron chi connectivity index (χ0n) is 61.6. The first kappa shape index (κ1) is 85.6. The summed E-state index contributed by atoms with van der Waals surface area (Å²) >= 11 is 19.8. The van der Waals surface area contributed by atoms with Crippen molar-refractivity contribution in [2.24, 2.45) is 28.7 Å². The maximum absolute atomic E-state index is 10.8. The number of rotatable bonds is 15. The molecule has 111 heavy (non-hydrogen) atoms. The van der Waals surface area contributed by atoms with Crippen LogP contribution in [0.4, 0.5) is 11.6 Å². The van der Waals surface area contributed by atoms with Gasteiger partial charge < -0.3 is 58.9 Å². The Hall–Kier alpha value is -11.0. The molecule has 1 aliphatic rings. The van der Waals surface area contributed by atoms with Gasteiger partial charge in [-0.3, -0.25) is 29.5 Å². The number of halogens is 4. The van der Waals surface area contributed by atoms with E-state index >= 15 is 0 Å². The van der Waals surface area contributed by atoms with E-state index in [0.717, 1.165) is 102 Å². The Kier molecular flexibility index (Phi) is 34.8. The molecule has 24 nitrogen and oxygen atoms in total. The van der Waals surface area contributed by atoms with E-state index in [1.807, 2.05) is 181 Å². The molecule has 0 bridgehead atoms. The van der Waals surface area contributed by atoms with Crippen LogP contribution >= 0.6 is 57.4 Å². The van der Waals surface area contributed by atoms with Gasteiger partial charge in [0.1, 0.15) is 10.7 Å². The van der Waals surface area contributed by atoms with Crippen LogP contribution in [0.2, 0.25) is 15.7 Å². The van der Waals surface area contributed by atoms with E-state index in [2.05, 4.69) is 127 Å². The number of H-pyrrole nitrogens is 1. The maximum Gasteiger partial charge on any atom is 0.488 e. The highest BCUT2D eigenvalue weighted by molar-refractivity contribution is 14.1. The molecule has 0 saturated heterocycles. The van der Waals surface area contributed by atoms with Crippen molar-refractivity contribution in [3.05, 3.63) is 299 Å². The lowest BCUT2D eigenvalue weighted by molar-refractivity contribution is 0.0991. The molecule has 14 aromatic rings. The van der Waals surface area contributed by atoms with E-state index in [-0.39, 0.29) is 16.6 Å². The van der Waals surface area contributed by atoms with Crippen molar-refractivity contribution in [1.29, 1.82) is 0 Å². The number of carbonyl (C=O) groups is 2. The van der Waals surface area contributed by atoms with E-state index in [0.29, 0.717) is 76.3 Å². The molecule has 570 valence electrons. The third-order valence-corrected chi connectivity index (χ3v) is 16.7. The molecule has 0 atom stereocenters. The van der Waals surface area contributed by atoms with Gasteiger partial charge in [0.15, 0.2) is 28.4 Å². The monoisotopic (exact) mass is 1660 g/mol. The summed E-state index contributed by atoms with van der Waals surface area (Å²) in [5.74, 6) is 0.289. The number of aromatic amines is 1. The number of hydrogen-bond donors (Lipinski definition) is 10. The molecule has 9 aromatic heterocycles. The Bertz CT molecular complexity index is 5040. The van der Waals surface area contributed by atoms with Crippen LogP contribution in [0.25, 0.3) is 67.4 Å². The molecule has 15 rings (SSSR count). The van der Waals surface area contributed by atoms with Crippen molar-refractivity contribution in [1.82, 2.24) is 64.4 Å². The highest BCUT2D eigenvalue weighted by Gasteiger charge is 2.17. The van der Waals surface area contributed by atoms with Crippen LogP contribution in [0.15, 0.2) is 256 Å². The molecule has 2 amide bonds. The molecule has 15 N–H and O–H groups in total. The van der Waals surface area contributed by atoms with Gasteiger partial charge >= 0.3 is 7.12 Å². The molecule has 0 unspecified atom stereocenters. The molecule has 9 heterocycles. The number of alkyl halides is 1. The second-order valence-corrected chi connectivity index (χ2v) is 28.8. The number of fused-ring (bicyclic) bond motifs is 2. The highest BCUT2D eigenvalue weighted by Crippen LogP contribution is 2.26. The van der Waals surface area contributed by atoms with Crippen molar-refractivity contribution in [3.63, 3.8) is 0 Å². The SMILES string of the molecule is CC(C)I.CC(C)n1cnc2c(NCc3ccc(-c4ccccc4)nc3)nc(Cl)nc21.Clc1nc(NCc2ccc(-c3ccccc3)nc2)c2[nH]cnc2n1.NC(=O)c1ccc(-c2ccccc2)nc1.NC(=O)c1ccc(Cl)nc1.NC1CCC(N)CC1.NCc1ccc(-c2ccccc2)nc1.OB(O)c1ccccc1. The van der Waals surface area contributed by atoms with Crippen molar-refractivity contribution in [3.8, 4) is 45.0 Å². The van der Waals surface area contributed by atoms with Crippen LogP contribution in [0.5, 0.6) is 0 Å². The van der Waals surface area contributed by atoms with Crippen LogP contribution in [0.1, 0.15) is 96.8 Å². The van der Waals surface area contributed by atoms with Gasteiger partial charge in [-0.25, -0.2) is 15.0 Å². The molecule has 0 radical (unpaired) electrons. The molecule has 5 aromatic carbocycles. The minimum atomic E-state index is -1.34. The number of carbonyl (C=O) groups excluding carboxylic acids is 2. The Labute approximate surface area is 673 Å². The number of aromatic nitrogens is 13. The lowest BCUT2D eigenvalue weighted by Crippen LogP contribution is -2.33. The number of anilines is 2. The number of nitrogens with zero attached hydrogens (tertiary/aromatic N) is 12. The van der Waals surface area contributed by atoms with E-state index in [4.69, 9.17) is 73.5 Å². The minimum Gasteiger partial charge on any atom is -0.423 e. The smallest absolute Gasteiger partial charge is 0.423 e. The Morgan fingerprint density at radius 3 is 1.26 bits per heavy atom. The molecular formula is C82H87BCl3IN20O4. The molecule has 1 saturated carbocycles. The van der Waals surface area contributed by atoms with E-state index in [1.54, 1.807) is 49.1 Å². The second kappa shape index (κ2) is 45.2. The van der Waals surface area contributed by atoms with E-state index < -0.39 is 18.9 Å². The maximum atomic E-state index is 10.8. The summed E-state index contributed by atoms with van der Waals surface area (Å²) in [6.07, 6.45) is 16.2. The number of nitrogens with one attached hydrogen (secondary N) is 3. The largest absolute Gasteiger partial charge is 0.488 e.